The molecule has 2 N–H and O–H groups in total. The van der Waals surface area contributed by atoms with Gasteiger partial charge in [0.25, 0.3) is 0 Å². The Morgan fingerprint density at radius 2 is 1.85 bits per heavy atom. The van der Waals surface area contributed by atoms with Crippen LogP contribution < -0.4 is 9.46 Å². The SMILES string of the molecule is Cc1n[nH]c(C)c1S(=O)(=O)NCCOc1ccc(-c2ccccc2)nn1. The first-order valence-corrected chi connectivity index (χ1v) is 9.49. The number of rotatable bonds is 7. The van der Waals surface area contributed by atoms with E-state index in [4.69, 9.17) is 4.74 Å². The summed E-state index contributed by atoms with van der Waals surface area (Å²) in [5, 5.41) is 14.7. The summed E-state index contributed by atoms with van der Waals surface area (Å²) < 4.78 is 32.5. The van der Waals surface area contributed by atoms with Gasteiger partial charge in [0.1, 0.15) is 11.5 Å². The monoisotopic (exact) mass is 373 g/mol. The Hall–Kier alpha value is -2.78. The van der Waals surface area contributed by atoms with Gasteiger partial charge in [0.15, 0.2) is 0 Å². The van der Waals surface area contributed by atoms with Crippen LogP contribution in [0.4, 0.5) is 0 Å². The minimum absolute atomic E-state index is 0.106. The van der Waals surface area contributed by atoms with E-state index < -0.39 is 10.0 Å². The van der Waals surface area contributed by atoms with Crippen LogP contribution >= 0.6 is 0 Å². The Bertz CT molecular complexity index is 950. The fraction of sp³-hybridized carbons (Fsp3) is 0.235. The maximum absolute atomic E-state index is 12.3. The first-order chi connectivity index (χ1) is 12.5. The van der Waals surface area contributed by atoms with E-state index in [0.29, 0.717) is 17.3 Å². The summed E-state index contributed by atoms with van der Waals surface area (Å²) in [7, 11) is -3.64. The number of benzene rings is 1. The lowest BCUT2D eigenvalue weighted by atomic mass is 10.1. The summed E-state index contributed by atoms with van der Waals surface area (Å²) in [5.41, 5.74) is 2.63. The summed E-state index contributed by atoms with van der Waals surface area (Å²) in [6.07, 6.45) is 0. The van der Waals surface area contributed by atoms with Crippen molar-refractivity contribution >= 4 is 10.0 Å². The second kappa shape index (κ2) is 7.63. The lowest BCUT2D eigenvalue weighted by Crippen LogP contribution is -2.29. The standard InChI is InChI=1S/C17H19N5O3S/c1-12-17(13(2)20-19-12)26(23,24)18-10-11-25-16-9-8-15(21-22-16)14-6-4-3-5-7-14/h3-9,18H,10-11H2,1-2H3,(H,19,20). The molecule has 0 saturated carbocycles. The van der Waals surface area contributed by atoms with Crippen LogP contribution in [0.25, 0.3) is 11.3 Å². The van der Waals surface area contributed by atoms with Crippen LogP contribution in [0, 0.1) is 13.8 Å². The zero-order chi connectivity index (χ0) is 18.6. The average molecular weight is 373 g/mol. The maximum Gasteiger partial charge on any atom is 0.244 e. The van der Waals surface area contributed by atoms with Crippen molar-refractivity contribution in [1.82, 2.24) is 25.1 Å². The molecule has 0 amide bonds. The van der Waals surface area contributed by atoms with E-state index in [9.17, 15) is 8.42 Å². The van der Waals surface area contributed by atoms with E-state index in [-0.39, 0.29) is 18.0 Å². The number of ether oxygens (including phenoxy) is 1. The lowest BCUT2D eigenvalue weighted by molar-refractivity contribution is 0.307. The molecule has 136 valence electrons. The van der Waals surface area contributed by atoms with E-state index >= 15 is 0 Å². The van der Waals surface area contributed by atoms with Crippen LogP contribution in [0.3, 0.4) is 0 Å². The largest absolute Gasteiger partial charge is 0.475 e. The van der Waals surface area contributed by atoms with Gasteiger partial charge in [0, 0.05) is 18.2 Å². The maximum atomic E-state index is 12.3. The molecule has 8 nitrogen and oxygen atoms in total. The molecule has 3 aromatic rings. The van der Waals surface area contributed by atoms with Crippen LogP contribution in [0.2, 0.25) is 0 Å². The molecule has 0 aliphatic heterocycles. The molecule has 0 unspecified atom stereocenters. The van der Waals surface area contributed by atoms with E-state index in [1.165, 1.54) is 0 Å². The molecule has 0 atom stereocenters. The van der Waals surface area contributed by atoms with Gasteiger partial charge in [-0.2, -0.15) is 5.10 Å². The fourth-order valence-electron chi connectivity index (χ4n) is 2.50. The van der Waals surface area contributed by atoms with Crippen molar-refractivity contribution < 1.29 is 13.2 Å². The van der Waals surface area contributed by atoms with E-state index in [1.807, 2.05) is 30.3 Å². The van der Waals surface area contributed by atoms with Gasteiger partial charge < -0.3 is 4.74 Å². The zero-order valence-corrected chi connectivity index (χ0v) is 15.2. The van der Waals surface area contributed by atoms with E-state index in [0.717, 1.165) is 11.3 Å². The van der Waals surface area contributed by atoms with Gasteiger partial charge in [-0.15, -0.1) is 10.2 Å². The van der Waals surface area contributed by atoms with Gasteiger partial charge >= 0.3 is 0 Å². The highest BCUT2D eigenvalue weighted by molar-refractivity contribution is 7.89. The highest BCUT2D eigenvalue weighted by Crippen LogP contribution is 2.17. The molecule has 0 aliphatic rings. The predicted octanol–water partition coefficient (Wildman–Crippen LogP) is 1.84. The third-order valence-corrected chi connectivity index (χ3v) is 5.41. The van der Waals surface area contributed by atoms with Crippen LogP contribution in [-0.4, -0.2) is 42.0 Å². The third kappa shape index (κ3) is 4.06. The average Bonchev–Trinajstić information content (AvgIpc) is 2.99. The summed E-state index contributed by atoms with van der Waals surface area (Å²) >= 11 is 0. The summed E-state index contributed by atoms with van der Waals surface area (Å²) in [6.45, 7) is 3.54. The first-order valence-electron chi connectivity index (χ1n) is 8.00. The van der Waals surface area contributed by atoms with Crippen LogP contribution in [-0.2, 0) is 10.0 Å². The van der Waals surface area contributed by atoms with Crippen molar-refractivity contribution in [3.8, 4) is 17.1 Å². The van der Waals surface area contributed by atoms with Crippen LogP contribution in [0.15, 0.2) is 47.4 Å². The first kappa shape index (κ1) is 18.0. The molecule has 0 spiro atoms. The Kier molecular flexibility index (Phi) is 5.29. The molecule has 0 aliphatic carbocycles. The Morgan fingerprint density at radius 1 is 1.08 bits per heavy atom. The molecular formula is C17H19N5O3S. The van der Waals surface area contributed by atoms with Crippen LogP contribution in [0.5, 0.6) is 5.88 Å². The van der Waals surface area contributed by atoms with Gasteiger partial charge in [-0.1, -0.05) is 30.3 Å². The van der Waals surface area contributed by atoms with Gasteiger partial charge in [-0.05, 0) is 19.9 Å². The number of hydrogen-bond acceptors (Lipinski definition) is 6. The molecule has 3 rings (SSSR count). The van der Waals surface area contributed by atoms with Crippen LogP contribution in [0.1, 0.15) is 11.4 Å². The molecule has 0 fully saturated rings. The quantitative estimate of drug-likeness (QED) is 0.612. The number of aromatic nitrogens is 4. The second-order valence-electron chi connectivity index (χ2n) is 5.63. The molecule has 2 heterocycles. The van der Waals surface area contributed by atoms with Crippen molar-refractivity contribution in [2.75, 3.05) is 13.2 Å². The van der Waals surface area contributed by atoms with Gasteiger partial charge in [-0.25, -0.2) is 13.1 Å². The minimum Gasteiger partial charge on any atom is -0.475 e. The molecule has 2 aromatic heterocycles. The number of aryl methyl sites for hydroxylation is 2. The van der Waals surface area contributed by atoms with Gasteiger partial charge in [0.2, 0.25) is 15.9 Å². The van der Waals surface area contributed by atoms with Crippen molar-refractivity contribution in [1.29, 1.82) is 0 Å². The number of H-pyrrole nitrogens is 1. The number of nitrogens with zero attached hydrogens (tertiary/aromatic N) is 3. The van der Waals surface area contributed by atoms with Crippen molar-refractivity contribution in [2.45, 2.75) is 18.7 Å². The number of aromatic amines is 1. The smallest absolute Gasteiger partial charge is 0.244 e. The minimum atomic E-state index is -3.64. The zero-order valence-electron chi connectivity index (χ0n) is 14.4. The number of hydrogen-bond donors (Lipinski definition) is 2. The Morgan fingerprint density at radius 3 is 2.46 bits per heavy atom. The molecule has 0 radical (unpaired) electrons. The molecule has 0 bridgehead atoms. The lowest BCUT2D eigenvalue weighted by Gasteiger charge is -2.08. The third-order valence-electron chi connectivity index (χ3n) is 3.68. The molecular weight excluding hydrogens is 354 g/mol. The molecule has 1 aromatic carbocycles. The summed E-state index contributed by atoms with van der Waals surface area (Å²) in [5.74, 6) is 0.333. The molecule has 0 saturated heterocycles. The van der Waals surface area contributed by atoms with Crippen molar-refractivity contribution in [2.24, 2.45) is 0 Å². The number of sulfonamides is 1. The second-order valence-corrected chi connectivity index (χ2v) is 7.34. The Labute approximate surface area is 151 Å². The molecule has 9 heteroatoms. The highest BCUT2D eigenvalue weighted by atomic mass is 32.2. The predicted molar refractivity (Wildman–Crippen MR) is 96.2 cm³/mol. The van der Waals surface area contributed by atoms with E-state index in [1.54, 1.807) is 26.0 Å². The molecule has 26 heavy (non-hydrogen) atoms. The summed E-state index contributed by atoms with van der Waals surface area (Å²) in [4.78, 5) is 0.171. The van der Waals surface area contributed by atoms with Crippen molar-refractivity contribution in [3.05, 3.63) is 53.9 Å². The van der Waals surface area contributed by atoms with Gasteiger partial charge in [0.05, 0.1) is 17.1 Å². The fourth-order valence-corrected chi connectivity index (χ4v) is 3.88. The summed E-state index contributed by atoms with van der Waals surface area (Å²) in [6, 6.07) is 13.2. The van der Waals surface area contributed by atoms with Gasteiger partial charge in [-0.3, -0.25) is 5.10 Å². The van der Waals surface area contributed by atoms with Crippen molar-refractivity contribution in [3.63, 3.8) is 0 Å². The highest BCUT2D eigenvalue weighted by Gasteiger charge is 2.21. The van der Waals surface area contributed by atoms with E-state index in [2.05, 4.69) is 25.1 Å². The topological polar surface area (TPSA) is 110 Å². The number of nitrogens with one attached hydrogen (secondary N) is 2. The normalized spacial score (nSPS) is 11.5. The Balaban J connectivity index is 1.54.